The number of carbonyl (C=O) groups excluding carboxylic acids is 1. The second-order valence-corrected chi connectivity index (χ2v) is 10.5. The zero-order valence-corrected chi connectivity index (χ0v) is 19.5. The lowest BCUT2D eigenvalue weighted by atomic mass is 10.3. The monoisotopic (exact) mass is 478 g/mol. The number of isocyanates is 1. The van der Waals surface area contributed by atoms with Crippen LogP contribution in [0.25, 0.3) is 0 Å². The van der Waals surface area contributed by atoms with Crippen LogP contribution in [0.15, 0.2) is 88.6 Å². The highest BCUT2D eigenvalue weighted by Gasteiger charge is 2.19. The number of rotatable bonds is 9. The van der Waals surface area contributed by atoms with Crippen LogP contribution in [0.5, 0.6) is 0 Å². The molecule has 11 heteroatoms. The highest BCUT2D eigenvalue weighted by atomic mass is 32.2. The molecule has 0 aliphatic carbocycles. The SMILES string of the molecule is C=CCN(C)S(=O)(=O)c1ccc(N)cc1.C=CCN(C)S(=O)(=O)c1ccc(N=C=O)cc1. The lowest BCUT2D eigenvalue weighted by molar-refractivity contribution is 0.498. The molecule has 0 amide bonds. The summed E-state index contributed by atoms with van der Waals surface area (Å²) in [5, 5.41) is 0. The Kier molecular flexibility index (Phi) is 10.2. The predicted octanol–water partition coefficient (Wildman–Crippen LogP) is 2.54. The fourth-order valence-electron chi connectivity index (χ4n) is 2.30. The molecule has 172 valence electrons. The second kappa shape index (κ2) is 12.1. The van der Waals surface area contributed by atoms with E-state index in [0.717, 1.165) is 0 Å². The van der Waals surface area contributed by atoms with Crippen LogP contribution in [0.4, 0.5) is 11.4 Å². The van der Waals surface area contributed by atoms with Crippen LogP contribution in [-0.4, -0.2) is 58.7 Å². The van der Waals surface area contributed by atoms with Crippen molar-refractivity contribution in [1.82, 2.24) is 8.61 Å². The first-order valence-corrected chi connectivity index (χ1v) is 12.1. The number of sulfonamides is 2. The molecule has 0 spiro atoms. The molecular weight excluding hydrogens is 452 g/mol. The first-order valence-electron chi connectivity index (χ1n) is 9.18. The van der Waals surface area contributed by atoms with Gasteiger partial charge in [-0.25, -0.2) is 21.6 Å². The van der Waals surface area contributed by atoms with Crippen molar-refractivity contribution in [2.75, 3.05) is 32.9 Å². The van der Waals surface area contributed by atoms with Gasteiger partial charge in [0.2, 0.25) is 26.1 Å². The number of hydrogen-bond acceptors (Lipinski definition) is 7. The van der Waals surface area contributed by atoms with Gasteiger partial charge in [-0.2, -0.15) is 13.6 Å². The van der Waals surface area contributed by atoms with Crippen molar-refractivity contribution in [3.8, 4) is 0 Å². The van der Waals surface area contributed by atoms with Gasteiger partial charge in [0.1, 0.15) is 0 Å². The minimum absolute atomic E-state index is 0.145. The molecule has 0 unspecified atom stereocenters. The molecule has 2 aromatic carbocycles. The van der Waals surface area contributed by atoms with E-state index in [4.69, 9.17) is 5.73 Å². The van der Waals surface area contributed by atoms with Crippen LogP contribution in [0.2, 0.25) is 0 Å². The van der Waals surface area contributed by atoms with Gasteiger partial charge in [-0.15, -0.1) is 13.2 Å². The number of nitrogen functional groups attached to an aromatic ring is 1. The largest absolute Gasteiger partial charge is 0.399 e. The summed E-state index contributed by atoms with van der Waals surface area (Å²) in [7, 11) is -3.95. The van der Waals surface area contributed by atoms with E-state index >= 15 is 0 Å². The number of nitrogens with two attached hydrogens (primary N) is 1. The molecule has 2 rings (SSSR count). The summed E-state index contributed by atoms with van der Waals surface area (Å²) in [6.45, 7) is 7.50. The van der Waals surface area contributed by atoms with Crippen LogP contribution < -0.4 is 5.73 Å². The topological polar surface area (TPSA) is 130 Å². The minimum atomic E-state index is -3.51. The second-order valence-electron chi connectivity index (χ2n) is 6.41. The highest BCUT2D eigenvalue weighted by Crippen LogP contribution is 2.18. The van der Waals surface area contributed by atoms with Gasteiger partial charge in [-0.1, -0.05) is 12.2 Å². The fraction of sp³-hybridized carbons (Fsp3) is 0.190. The first-order chi connectivity index (χ1) is 15.0. The van der Waals surface area contributed by atoms with Crippen LogP contribution in [-0.2, 0) is 24.8 Å². The third-order valence-corrected chi connectivity index (χ3v) is 7.76. The normalized spacial score (nSPS) is 11.2. The van der Waals surface area contributed by atoms with E-state index in [2.05, 4.69) is 18.2 Å². The quantitative estimate of drug-likeness (QED) is 0.255. The minimum Gasteiger partial charge on any atom is -0.399 e. The van der Waals surface area contributed by atoms with E-state index in [1.54, 1.807) is 12.1 Å². The maximum absolute atomic E-state index is 12.0. The molecule has 32 heavy (non-hydrogen) atoms. The van der Waals surface area contributed by atoms with E-state index in [9.17, 15) is 21.6 Å². The van der Waals surface area contributed by atoms with Gasteiger partial charge >= 0.3 is 0 Å². The number of likely N-dealkylation sites (N-methyl/N-ethyl adjacent to an activating group) is 2. The Balaban J connectivity index is 0.000000323. The van der Waals surface area contributed by atoms with E-state index in [-0.39, 0.29) is 22.9 Å². The number of nitrogens with zero attached hydrogens (tertiary/aromatic N) is 3. The van der Waals surface area contributed by atoms with Crippen molar-refractivity contribution in [3.63, 3.8) is 0 Å². The number of benzene rings is 2. The molecule has 0 bridgehead atoms. The number of hydrogen-bond donors (Lipinski definition) is 1. The van der Waals surface area contributed by atoms with E-state index in [0.29, 0.717) is 11.4 Å². The lowest BCUT2D eigenvalue weighted by Crippen LogP contribution is -2.26. The first kappa shape index (κ1) is 27.0. The molecule has 0 aliphatic heterocycles. The maximum Gasteiger partial charge on any atom is 0.243 e. The standard InChI is InChI=1S/C11H12N2O3S.C10H14N2O2S/c1-3-8-13(2)17(15,16)11-6-4-10(5-7-11)12-9-14;1-3-8-12(2)15(13,14)10-6-4-9(11)5-7-10/h3-7H,1,8H2,2H3;3-7H,1,8,11H2,2H3. The Morgan fingerprint density at radius 1 is 0.844 bits per heavy atom. The fourth-order valence-corrected chi connectivity index (χ4v) is 4.59. The van der Waals surface area contributed by atoms with Gasteiger partial charge in [0, 0.05) is 32.9 Å². The highest BCUT2D eigenvalue weighted by molar-refractivity contribution is 7.89. The molecular formula is C21H26N4O5S2. The van der Waals surface area contributed by atoms with Crippen LogP contribution in [0.3, 0.4) is 0 Å². The molecule has 0 saturated heterocycles. The summed E-state index contributed by atoms with van der Waals surface area (Å²) in [6, 6.07) is 11.8. The summed E-state index contributed by atoms with van der Waals surface area (Å²) in [4.78, 5) is 13.8. The van der Waals surface area contributed by atoms with Crippen LogP contribution in [0, 0.1) is 0 Å². The molecule has 2 N–H and O–H groups in total. The zero-order valence-electron chi connectivity index (χ0n) is 17.9. The third-order valence-electron chi connectivity index (χ3n) is 4.08. The van der Waals surface area contributed by atoms with Crippen LogP contribution >= 0.6 is 0 Å². The molecule has 0 heterocycles. The Morgan fingerprint density at radius 2 is 1.22 bits per heavy atom. The molecule has 0 aromatic heterocycles. The Morgan fingerprint density at radius 3 is 1.56 bits per heavy atom. The van der Waals surface area contributed by atoms with E-state index in [1.165, 1.54) is 77.3 Å². The average Bonchev–Trinajstić information content (AvgIpc) is 2.75. The Hall–Kier alpha value is -3.08. The summed E-state index contributed by atoms with van der Waals surface area (Å²) >= 11 is 0. The van der Waals surface area contributed by atoms with Crippen molar-refractivity contribution in [2.45, 2.75) is 9.79 Å². The van der Waals surface area contributed by atoms with Crippen molar-refractivity contribution in [3.05, 3.63) is 73.8 Å². The number of aliphatic imine (C=N–C) groups is 1. The summed E-state index contributed by atoms with van der Waals surface area (Å²) < 4.78 is 50.1. The number of anilines is 1. The lowest BCUT2D eigenvalue weighted by Gasteiger charge is -2.14. The van der Waals surface area contributed by atoms with Gasteiger partial charge in [0.05, 0.1) is 15.5 Å². The van der Waals surface area contributed by atoms with Crippen LogP contribution in [0.1, 0.15) is 0 Å². The van der Waals surface area contributed by atoms with Crippen molar-refractivity contribution in [1.29, 1.82) is 0 Å². The average molecular weight is 479 g/mol. The molecule has 0 fully saturated rings. The molecule has 0 atom stereocenters. The zero-order chi connectivity index (χ0) is 24.4. The molecule has 2 aromatic rings. The Labute approximate surface area is 189 Å². The van der Waals surface area contributed by atoms with Gasteiger partial charge < -0.3 is 5.73 Å². The maximum atomic E-state index is 12.0. The van der Waals surface area contributed by atoms with E-state index < -0.39 is 20.0 Å². The predicted molar refractivity (Wildman–Crippen MR) is 125 cm³/mol. The summed E-state index contributed by atoms with van der Waals surface area (Å²) in [5.41, 5.74) is 6.39. The van der Waals surface area contributed by atoms with Crippen molar-refractivity contribution < 1.29 is 21.6 Å². The van der Waals surface area contributed by atoms with Gasteiger partial charge in [-0.3, -0.25) is 0 Å². The summed E-state index contributed by atoms with van der Waals surface area (Å²) in [5.74, 6) is 0. The van der Waals surface area contributed by atoms with Gasteiger partial charge in [0.25, 0.3) is 0 Å². The summed E-state index contributed by atoms with van der Waals surface area (Å²) in [6.07, 6.45) is 4.43. The smallest absolute Gasteiger partial charge is 0.243 e. The van der Waals surface area contributed by atoms with Gasteiger partial charge in [-0.05, 0) is 48.5 Å². The molecule has 0 radical (unpaired) electrons. The molecule has 9 nitrogen and oxygen atoms in total. The third kappa shape index (κ3) is 7.26. The van der Waals surface area contributed by atoms with Gasteiger partial charge in [0.15, 0.2) is 0 Å². The van der Waals surface area contributed by atoms with Crippen molar-refractivity contribution in [2.24, 2.45) is 4.99 Å². The van der Waals surface area contributed by atoms with E-state index in [1.807, 2.05) is 0 Å². The molecule has 0 aliphatic rings. The molecule has 0 saturated carbocycles. The Bertz CT molecular complexity index is 1170. The van der Waals surface area contributed by atoms with Crippen molar-refractivity contribution >= 4 is 37.5 Å².